The number of amides is 3. The Balaban J connectivity index is 1.28. The number of imide groups is 1. The van der Waals surface area contributed by atoms with Crippen LogP contribution in [0.1, 0.15) is 58.6 Å². The van der Waals surface area contributed by atoms with E-state index < -0.39 is 6.04 Å². The van der Waals surface area contributed by atoms with Crippen LogP contribution in [-0.2, 0) is 22.7 Å². The first-order valence-electron chi connectivity index (χ1n) is 11.2. The molecule has 2 aromatic rings. The van der Waals surface area contributed by atoms with Crippen molar-refractivity contribution in [2.45, 2.75) is 50.7 Å². The predicted molar refractivity (Wildman–Crippen MR) is 121 cm³/mol. The Labute approximate surface area is 192 Å². The third kappa shape index (κ3) is 4.05. The van der Waals surface area contributed by atoms with Gasteiger partial charge < -0.3 is 4.90 Å². The minimum Gasteiger partial charge on any atom is -0.322 e. The van der Waals surface area contributed by atoms with E-state index in [0.29, 0.717) is 29.5 Å². The lowest BCUT2D eigenvalue weighted by atomic mass is 9.87. The summed E-state index contributed by atoms with van der Waals surface area (Å²) in [6.07, 6.45) is 2.67. The van der Waals surface area contributed by atoms with Gasteiger partial charge in [-0.25, -0.2) is 0 Å². The highest BCUT2D eigenvalue weighted by molar-refractivity contribution is 6.32. The minimum atomic E-state index is -0.601. The largest absolute Gasteiger partial charge is 0.322 e. The summed E-state index contributed by atoms with van der Waals surface area (Å²) in [6.45, 7) is 3.36. The second-order valence-electron chi connectivity index (χ2n) is 8.97. The number of hydrogen-bond donors (Lipinski definition) is 1. The van der Waals surface area contributed by atoms with Gasteiger partial charge in [-0.2, -0.15) is 0 Å². The molecule has 3 heterocycles. The molecule has 0 bridgehead atoms. The molecule has 6 nitrogen and oxygen atoms in total. The Morgan fingerprint density at radius 1 is 1.00 bits per heavy atom. The second kappa shape index (κ2) is 8.68. The van der Waals surface area contributed by atoms with Gasteiger partial charge in [0.2, 0.25) is 11.8 Å². The Morgan fingerprint density at radius 2 is 1.75 bits per heavy atom. The number of halogens is 1. The maximum atomic E-state index is 13.0. The number of piperidine rings is 2. The molecular formula is C25H26ClN3O3. The zero-order valence-electron chi connectivity index (χ0n) is 17.9. The highest BCUT2D eigenvalue weighted by atomic mass is 35.5. The topological polar surface area (TPSA) is 69.7 Å². The Hall–Kier alpha value is -2.70. The molecule has 2 saturated heterocycles. The molecule has 0 radical (unpaired) electrons. The van der Waals surface area contributed by atoms with Crippen molar-refractivity contribution in [1.82, 2.24) is 15.1 Å². The van der Waals surface area contributed by atoms with Crippen LogP contribution in [0.25, 0.3) is 0 Å². The first-order chi connectivity index (χ1) is 15.5. The first kappa shape index (κ1) is 21.2. The number of fused-ring (bicyclic) bond motifs is 1. The van der Waals surface area contributed by atoms with Gasteiger partial charge in [0.15, 0.2) is 0 Å². The Bertz CT molecular complexity index is 1060. The van der Waals surface area contributed by atoms with Crippen molar-refractivity contribution in [3.63, 3.8) is 0 Å². The molecule has 0 saturated carbocycles. The summed E-state index contributed by atoms with van der Waals surface area (Å²) >= 11 is 6.65. The molecule has 1 unspecified atom stereocenters. The summed E-state index contributed by atoms with van der Waals surface area (Å²) in [5, 5.41) is 2.98. The van der Waals surface area contributed by atoms with Crippen LogP contribution in [0.5, 0.6) is 0 Å². The Morgan fingerprint density at radius 3 is 2.47 bits per heavy atom. The maximum Gasteiger partial charge on any atom is 0.255 e. The van der Waals surface area contributed by atoms with Crippen molar-refractivity contribution in [2.24, 2.45) is 0 Å². The van der Waals surface area contributed by atoms with Crippen molar-refractivity contribution < 1.29 is 14.4 Å². The average Bonchev–Trinajstić information content (AvgIpc) is 3.10. The van der Waals surface area contributed by atoms with Crippen LogP contribution in [0.2, 0.25) is 5.02 Å². The number of nitrogens with zero attached hydrogens (tertiary/aromatic N) is 2. The van der Waals surface area contributed by atoms with E-state index in [1.54, 1.807) is 11.0 Å². The summed E-state index contributed by atoms with van der Waals surface area (Å²) in [6, 6.07) is 13.8. The third-order valence-corrected chi connectivity index (χ3v) is 7.24. The molecule has 1 atom stereocenters. The molecular weight excluding hydrogens is 426 g/mol. The van der Waals surface area contributed by atoms with Gasteiger partial charge >= 0.3 is 0 Å². The van der Waals surface area contributed by atoms with E-state index in [0.717, 1.165) is 43.6 Å². The fourth-order valence-electron chi connectivity index (χ4n) is 5.16. The molecule has 2 aromatic carbocycles. The molecule has 166 valence electrons. The first-order valence-corrected chi connectivity index (χ1v) is 11.6. The van der Waals surface area contributed by atoms with E-state index in [4.69, 9.17) is 11.6 Å². The highest BCUT2D eigenvalue weighted by Gasteiger charge is 2.39. The van der Waals surface area contributed by atoms with E-state index in [1.165, 1.54) is 5.56 Å². The molecule has 0 aromatic heterocycles. The van der Waals surface area contributed by atoms with E-state index in [9.17, 15) is 14.4 Å². The van der Waals surface area contributed by atoms with Gasteiger partial charge in [0.25, 0.3) is 5.91 Å². The maximum absolute atomic E-state index is 13.0. The molecule has 0 spiro atoms. The van der Waals surface area contributed by atoms with Crippen molar-refractivity contribution in [3.05, 3.63) is 69.7 Å². The second-order valence-corrected chi connectivity index (χ2v) is 9.37. The zero-order chi connectivity index (χ0) is 22.2. The Kier molecular flexibility index (Phi) is 5.74. The fourth-order valence-corrected chi connectivity index (χ4v) is 5.48. The van der Waals surface area contributed by atoms with Crippen LogP contribution in [0.4, 0.5) is 0 Å². The minimum absolute atomic E-state index is 0.180. The van der Waals surface area contributed by atoms with Crippen molar-refractivity contribution in [3.8, 4) is 0 Å². The summed E-state index contributed by atoms with van der Waals surface area (Å²) in [5.74, 6) is -0.487. The molecule has 0 aliphatic carbocycles. The van der Waals surface area contributed by atoms with E-state index in [1.807, 2.05) is 6.07 Å². The summed E-state index contributed by atoms with van der Waals surface area (Å²) in [4.78, 5) is 40.8. The average molecular weight is 452 g/mol. The number of nitrogens with one attached hydrogen (secondary N) is 1. The van der Waals surface area contributed by atoms with Gasteiger partial charge in [-0.15, -0.1) is 0 Å². The smallest absolute Gasteiger partial charge is 0.255 e. The van der Waals surface area contributed by atoms with Gasteiger partial charge in [-0.1, -0.05) is 48.0 Å². The molecule has 3 amide bonds. The van der Waals surface area contributed by atoms with Crippen LogP contribution in [0.3, 0.4) is 0 Å². The van der Waals surface area contributed by atoms with E-state index in [2.05, 4.69) is 40.5 Å². The summed E-state index contributed by atoms with van der Waals surface area (Å²) < 4.78 is 0. The SMILES string of the molecule is O=C1CCC(N2Cc3cc(C4CCN(Cc5ccccc5)CC4)c(Cl)cc3C2=O)C(=O)N1. The van der Waals surface area contributed by atoms with Gasteiger partial charge in [-0.05, 0) is 61.0 Å². The number of hydrogen-bond acceptors (Lipinski definition) is 4. The number of carbonyl (C=O) groups is 3. The van der Waals surface area contributed by atoms with Crippen LogP contribution < -0.4 is 5.32 Å². The lowest BCUT2D eigenvalue weighted by molar-refractivity contribution is -0.136. The van der Waals surface area contributed by atoms with Gasteiger partial charge in [-0.3, -0.25) is 24.6 Å². The van der Waals surface area contributed by atoms with Gasteiger partial charge in [0.1, 0.15) is 6.04 Å². The van der Waals surface area contributed by atoms with E-state index >= 15 is 0 Å². The predicted octanol–water partition coefficient (Wildman–Crippen LogP) is 3.48. The molecule has 3 aliphatic rings. The zero-order valence-corrected chi connectivity index (χ0v) is 18.6. The number of rotatable bonds is 4. The van der Waals surface area contributed by atoms with Crippen molar-refractivity contribution >= 4 is 29.3 Å². The molecule has 5 rings (SSSR count). The quantitative estimate of drug-likeness (QED) is 0.722. The molecule has 2 fully saturated rings. The molecule has 3 aliphatic heterocycles. The highest BCUT2D eigenvalue weighted by Crippen LogP contribution is 2.38. The standard InChI is InChI=1S/C25H26ClN3O3/c26-21-13-20-18(15-29(25(20)32)22-6-7-23(30)27-24(22)31)12-19(21)17-8-10-28(11-9-17)14-16-4-2-1-3-5-16/h1-5,12-13,17,22H,6-11,14-15H2,(H,27,30,31). The van der Waals surface area contributed by atoms with Crippen LogP contribution in [-0.4, -0.2) is 46.7 Å². The van der Waals surface area contributed by atoms with Crippen LogP contribution in [0, 0.1) is 0 Å². The molecule has 32 heavy (non-hydrogen) atoms. The van der Waals surface area contributed by atoms with Crippen molar-refractivity contribution in [2.75, 3.05) is 13.1 Å². The molecule has 1 N–H and O–H groups in total. The van der Waals surface area contributed by atoms with Crippen LogP contribution >= 0.6 is 11.6 Å². The number of likely N-dealkylation sites (tertiary alicyclic amines) is 1. The lowest BCUT2D eigenvalue weighted by Gasteiger charge is -2.32. The number of benzene rings is 2. The fraction of sp³-hybridized carbons (Fsp3) is 0.400. The van der Waals surface area contributed by atoms with Crippen molar-refractivity contribution in [1.29, 1.82) is 0 Å². The summed E-state index contributed by atoms with van der Waals surface area (Å²) in [5.41, 5.74) is 3.92. The summed E-state index contributed by atoms with van der Waals surface area (Å²) in [7, 11) is 0. The van der Waals surface area contributed by atoms with Crippen LogP contribution in [0.15, 0.2) is 42.5 Å². The third-order valence-electron chi connectivity index (χ3n) is 6.92. The van der Waals surface area contributed by atoms with Gasteiger partial charge in [0.05, 0.1) is 0 Å². The lowest BCUT2D eigenvalue weighted by Crippen LogP contribution is -2.52. The monoisotopic (exact) mass is 451 g/mol. The number of carbonyl (C=O) groups excluding carboxylic acids is 3. The van der Waals surface area contributed by atoms with Gasteiger partial charge in [0, 0.05) is 30.1 Å². The molecule has 7 heteroatoms. The normalized spacial score (nSPS) is 22.2. The van der Waals surface area contributed by atoms with E-state index in [-0.39, 0.29) is 24.1 Å².